The Morgan fingerprint density at radius 2 is 2.08 bits per heavy atom. The summed E-state index contributed by atoms with van der Waals surface area (Å²) < 4.78 is 6.78. The zero-order chi connectivity index (χ0) is 18.0. The van der Waals surface area contributed by atoms with Crippen molar-refractivity contribution in [3.8, 4) is 11.4 Å². The summed E-state index contributed by atoms with van der Waals surface area (Å²) in [6.45, 7) is 1.41. The number of aromatic nitrogens is 4. The van der Waals surface area contributed by atoms with Gasteiger partial charge in [0.1, 0.15) is 11.4 Å². The van der Waals surface area contributed by atoms with Gasteiger partial charge < -0.3 is 15.2 Å². The maximum absolute atomic E-state index is 12.2. The zero-order valence-corrected chi connectivity index (χ0v) is 13.6. The van der Waals surface area contributed by atoms with Crippen LogP contribution < -0.4 is 10.1 Å². The second-order valence-corrected chi connectivity index (χ2v) is 5.26. The Kier molecular flexibility index (Phi) is 4.44. The number of carbonyl (C=O) groups excluding carboxylic acids is 2. The van der Waals surface area contributed by atoms with Crippen LogP contribution in [-0.2, 0) is 9.59 Å². The third kappa shape index (κ3) is 3.19. The van der Waals surface area contributed by atoms with Gasteiger partial charge in [0, 0.05) is 23.9 Å². The summed E-state index contributed by atoms with van der Waals surface area (Å²) in [6.07, 6.45) is 1.19. The van der Waals surface area contributed by atoms with Gasteiger partial charge in [0.15, 0.2) is 5.82 Å². The summed E-state index contributed by atoms with van der Waals surface area (Å²) in [4.78, 5) is 25.0. The van der Waals surface area contributed by atoms with Gasteiger partial charge in [-0.1, -0.05) is 0 Å². The van der Waals surface area contributed by atoms with E-state index in [2.05, 4.69) is 20.8 Å². The number of hydrogen-bond donors (Lipinski definition) is 2. The largest absolute Gasteiger partial charge is 0.497 e. The minimum absolute atomic E-state index is 0.0491. The summed E-state index contributed by atoms with van der Waals surface area (Å²) >= 11 is 0. The number of tetrazole rings is 1. The Hall–Kier alpha value is -3.27. The number of ether oxygens (including phenoxy) is 1. The van der Waals surface area contributed by atoms with Crippen LogP contribution >= 0.6 is 0 Å². The van der Waals surface area contributed by atoms with Crippen molar-refractivity contribution < 1.29 is 19.4 Å². The summed E-state index contributed by atoms with van der Waals surface area (Å²) in [5, 5.41) is 23.2. The molecule has 1 aromatic carbocycles. The van der Waals surface area contributed by atoms with E-state index in [0.29, 0.717) is 22.9 Å². The predicted octanol–water partition coefficient (Wildman–Crippen LogP) is -0.364. The fraction of sp³-hybridized carbons (Fsp3) is 0.267. The normalized spacial score (nSPS) is 14.0. The number of benzene rings is 1. The van der Waals surface area contributed by atoms with Gasteiger partial charge in [-0.3, -0.25) is 14.5 Å². The highest BCUT2D eigenvalue weighted by Gasteiger charge is 2.30. The Morgan fingerprint density at radius 1 is 1.28 bits per heavy atom. The smallest absolute Gasteiger partial charge is 0.277 e. The molecule has 0 unspecified atom stereocenters. The summed E-state index contributed by atoms with van der Waals surface area (Å²) in [5.41, 5.74) is 1.28. The van der Waals surface area contributed by atoms with Crippen molar-refractivity contribution in [1.82, 2.24) is 25.1 Å². The highest BCUT2D eigenvalue weighted by atomic mass is 16.5. The fourth-order valence-electron chi connectivity index (χ4n) is 2.43. The standard InChI is InChI=1S/C15H16N6O4/c1-9-17-18-19-21(9)11-5-10(6-12(7-11)25-2)16-13-8-14(23)20(3-4-22)15(13)24/h5-8,16,22H,3-4H2,1-2H3. The summed E-state index contributed by atoms with van der Waals surface area (Å²) in [6, 6.07) is 5.14. The van der Waals surface area contributed by atoms with Crippen LogP contribution in [0.1, 0.15) is 5.82 Å². The Bertz CT molecular complexity index is 859. The first-order chi connectivity index (χ1) is 12.0. The molecule has 2 N–H and O–H groups in total. The molecule has 0 saturated heterocycles. The Balaban J connectivity index is 1.91. The van der Waals surface area contributed by atoms with Gasteiger partial charge in [-0.15, -0.1) is 5.10 Å². The van der Waals surface area contributed by atoms with Gasteiger partial charge >= 0.3 is 0 Å². The molecule has 1 aliphatic rings. The number of β-amino-alcohol motifs (C(OH)–C–C–N with tert-alkyl or cyclic N) is 1. The average Bonchev–Trinajstić information content (AvgIpc) is 3.13. The van der Waals surface area contributed by atoms with Gasteiger partial charge in [0.25, 0.3) is 11.8 Å². The van der Waals surface area contributed by atoms with E-state index in [1.165, 1.54) is 17.9 Å². The molecule has 0 aliphatic carbocycles. The number of imide groups is 1. The van der Waals surface area contributed by atoms with E-state index in [1.807, 2.05) is 0 Å². The maximum Gasteiger partial charge on any atom is 0.277 e. The van der Waals surface area contributed by atoms with Crippen LogP contribution in [0.25, 0.3) is 5.69 Å². The number of aliphatic hydroxyl groups is 1. The molecule has 0 bridgehead atoms. The first-order valence-electron chi connectivity index (χ1n) is 7.43. The molecule has 2 heterocycles. The van der Waals surface area contributed by atoms with E-state index in [1.54, 1.807) is 25.1 Å². The molecule has 1 aromatic heterocycles. The van der Waals surface area contributed by atoms with Crippen LogP contribution in [0.15, 0.2) is 30.0 Å². The third-order valence-electron chi connectivity index (χ3n) is 3.61. The van der Waals surface area contributed by atoms with E-state index in [-0.39, 0.29) is 18.8 Å². The topological polar surface area (TPSA) is 122 Å². The van der Waals surface area contributed by atoms with Gasteiger partial charge in [0.2, 0.25) is 0 Å². The molecule has 10 nitrogen and oxygen atoms in total. The molecule has 130 valence electrons. The third-order valence-corrected chi connectivity index (χ3v) is 3.61. The maximum atomic E-state index is 12.2. The van der Waals surface area contributed by atoms with Gasteiger partial charge in [-0.05, 0) is 23.4 Å². The molecule has 0 radical (unpaired) electrons. The van der Waals surface area contributed by atoms with Gasteiger partial charge in [0.05, 0.1) is 25.9 Å². The van der Waals surface area contributed by atoms with E-state index in [9.17, 15) is 9.59 Å². The number of aryl methyl sites for hydroxylation is 1. The number of anilines is 1. The lowest BCUT2D eigenvalue weighted by molar-refractivity contribution is -0.137. The highest BCUT2D eigenvalue weighted by Crippen LogP contribution is 2.25. The van der Waals surface area contributed by atoms with E-state index in [0.717, 1.165) is 4.90 Å². The van der Waals surface area contributed by atoms with Crippen molar-refractivity contribution in [3.63, 3.8) is 0 Å². The fourth-order valence-corrected chi connectivity index (χ4v) is 2.43. The number of methoxy groups -OCH3 is 1. The lowest BCUT2D eigenvalue weighted by Crippen LogP contribution is -2.34. The molecule has 1 aliphatic heterocycles. The first kappa shape index (κ1) is 16.6. The minimum atomic E-state index is -0.498. The zero-order valence-electron chi connectivity index (χ0n) is 13.6. The van der Waals surface area contributed by atoms with Gasteiger partial charge in [-0.2, -0.15) is 4.68 Å². The van der Waals surface area contributed by atoms with Crippen molar-refractivity contribution in [3.05, 3.63) is 35.8 Å². The van der Waals surface area contributed by atoms with Crippen LogP contribution in [0.2, 0.25) is 0 Å². The molecule has 2 amide bonds. The van der Waals surface area contributed by atoms with Crippen molar-refractivity contribution in [1.29, 1.82) is 0 Å². The SMILES string of the molecule is COc1cc(NC2=CC(=O)N(CCO)C2=O)cc(-n2nnnc2C)c1. The van der Waals surface area contributed by atoms with Crippen molar-refractivity contribution in [2.24, 2.45) is 0 Å². The molecule has 2 aromatic rings. The van der Waals surface area contributed by atoms with Crippen molar-refractivity contribution >= 4 is 17.5 Å². The molecule has 0 spiro atoms. The lowest BCUT2D eigenvalue weighted by Gasteiger charge is -2.14. The number of nitrogens with one attached hydrogen (secondary N) is 1. The number of hydrogen-bond acceptors (Lipinski definition) is 8. The van der Waals surface area contributed by atoms with Crippen LogP contribution in [-0.4, -0.2) is 62.3 Å². The summed E-state index contributed by atoms with van der Waals surface area (Å²) in [5.74, 6) is 0.141. The van der Waals surface area contributed by atoms with E-state index < -0.39 is 11.8 Å². The van der Waals surface area contributed by atoms with Crippen LogP contribution in [0.4, 0.5) is 5.69 Å². The predicted molar refractivity (Wildman–Crippen MR) is 86.0 cm³/mol. The number of nitrogens with zero attached hydrogens (tertiary/aromatic N) is 5. The van der Waals surface area contributed by atoms with Crippen LogP contribution in [0.3, 0.4) is 0 Å². The van der Waals surface area contributed by atoms with E-state index >= 15 is 0 Å². The second-order valence-electron chi connectivity index (χ2n) is 5.26. The van der Waals surface area contributed by atoms with Crippen molar-refractivity contribution in [2.75, 3.05) is 25.6 Å². The molecular weight excluding hydrogens is 328 g/mol. The summed E-state index contributed by atoms with van der Waals surface area (Å²) in [7, 11) is 1.52. The van der Waals surface area contributed by atoms with Crippen molar-refractivity contribution in [2.45, 2.75) is 6.92 Å². The number of amides is 2. The van der Waals surface area contributed by atoms with Crippen LogP contribution in [0.5, 0.6) is 5.75 Å². The quantitative estimate of drug-likeness (QED) is 0.681. The molecule has 25 heavy (non-hydrogen) atoms. The van der Waals surface area contributed by atoms with Gasteiger partial charge in [-0.25, -0.2) is 0 Å². The molecule has 10 heteroatoms. The van der Waals surface area contributed by atoms with E-state index in [4.69, 9.17) is 9.84 Å². The highest BCUT2D eigenvalue weighted by molar-refractivity contribution is 6.17. The van der Waals surface area contributed by atoms with Crippen LogP contribution in [0, 0.1) is 6.92 Å². The molecule has 3 rings (SSSR count). The second kappa shape index (κ2) is 6.69. The average molecular weight is 344 g/mol. The molecule has 0 atom stereocenters. The number of aliphatic hydroxyl groups excluding tert-OH is 1. The Labute approximate surface area is 142 Å². The minimum Gasteiger partial charge on any atom is -0.497 e. The molecular formula is C15H16N6O4. The lowest BCUT2D eigenvalue weighted by atomic mass is 10.2. The first-order valence-corrected chi connectivity index (χ1v) is 7.43. The number of carbonyl (C=O) groups is 2. The molecule has 0 fully saturated rings. The number of rotatable bonds is 6. The Morgan fingerprint density at radius 3 is 2.72 bits per heavy atom. The monoisotopic (exact) mass is 344 g/mol. The molecule has 0 saturated carbocycles.